The summed E-state index contributed by atoms with van der Waals surface area (Å²) in [6.07, 6.45) is 5.08. The molecule has 30 heavy (non-hydrogen) atoms. The van der Waals surface area contributed by atoms with Gasteiger partial charge in [-0.25, -0.2) is 9.97 Å². The second-order valence-electron chi connectivity index (χ2n) is 7.32. The van der Waals surface area contributed by atoms with Crippen molar-refractivity contribution in [1.82, 2.24) is 15.0 Å². The maximum absolute atomic E-state index is 9.40. The Bertz CT molecular complexity index is 1070. The lowest BCUT2D eigenvalue weighted by atomic mass is 10.1. The summed E-state index contributed by atoms with van der Waals surface area (Å²) < 4.78 is 0. The molecule has 0 unspecified atom stereocenters. The van der Waals surface area contributed by atoms with Crippen molar-refractivity contribution in [2.24, 2.45) is 5.73 Å². The zero-order valence-corrected chi connectivity index (χ0v) is 17.8. The Labute approximate surface area is 181 Å². The topological polar surface area (TPSA) is 91.7 Å². The third-order valence-corrected chi connectivity index (χ3v) is 6.07. The molecule has 3 aromatic rings. The Kier molecular flexibility index (Phi) is 6.26. The molecule has 0 amide bonds. The molecule has 7 heteroatoms. The lowest BCUT2D eigenvalue weighted by molar-refractivity contribution is 0.882. The first-order chi connectivity index (χ1) is 14.7. The van der Waals surface area contributed by atoms with Gasteiger partial charge < -0.3 is 10.6 Å². The van der Waals surface area contributed by atoms with E-state index in [0.717, 1.165) is 57.9 Å². The molecule has 0 aliphatic carbocycles. The first-order valence-electron chi connectivity index (χ1n) is 10.1. The van der Waals surface area contributed by atoms with Gasteiger partial charge in [-0.2, -0.15) is 5.26 Å². The quantitative estimate of drug-likeness (QED) is 0.608. The van der Waals surface area contributed by atoms with Crippen molar-refractivity contribution in [3.8, 4) is 17.3 Å². The number of hydrogen-bond donors (Lipinski definition) is 1. The van der Waals surface area contributed by atoms with E-state index < -0.39 is 0 Å². The summed E-state index contributed by atoms with van der Waals surface area (Å²) in [5.74, 6) is 1.73. The van der Waals surface area contributed by atoms with Crippen LogP contribution < -0.4 is 10.6 Å². The summed E-state index contributed by atoms with van der Waals surface area (Å²) in [6, 6.07) is 14.0. The number of nitrogens with two attached hydrogens (primary N) is 1. The average molecular weight is 417 g/mol. The Morgan fingerprint density at radius 1 is 1.13 bits per heavy atom. The average Bonchev–Trinajstić information content (AvgIpc) is 3.29. The predicted octanol–water partition coefficient (Wildman–Crippen LogP) is 3.97. The van der Waals surface area contributed by atoms with Gasteiger partial charge in [-0.15, -0.1) is 0 Å². The van der Waals surface area contributed by atoms with E-state index in [1.54, 1.807) is 11.8 Å². The van der Waals surface area contributed by atoms with Gasteiger partial charge in [-0.05, 0) is 56.5 Å². The second-order valence-corrected chi connectivity index (χ2v) is 8.38. The van der Waals surface area contributed by atoms with Gasteiger partial charge in [0.2, 0.25) is 0 Å². The van der Waals surface area contributed by atoms with Crippen LogP contribution in [0.25, 0.3) is 11.3 Å². The van der Waals surface area contributed by atoms with Crippen molar-refractivity contribution in [2.75, 3.05) is 24.5 Å². The van der Waals surface area contributed by atoms with Gasteiger partial charge in [-0.3, -0.25) is 4.98 Å². The highest BCUT2D eigenvalue weighted by molar-refractivity contribution is 7.99. The summed E-state index contributed by atoms with van der Waals surface area (Å²) in [4.78, 5) is 17.2. The minimum Gasteiger partial charge on any atom is -0.356 e. The molecule has 0 atom stereocenters. The van der Waals surface area contributed by atoms with E-state index in [0.29, 0.717) is 12.1 Å². The first kappa shape index (κ1) is 20.3. The van der Waals surface area contributed by atoms with Gasteiger partial charge in [0.25, 0.3) is 0 Å². The van der Waals surface area contributed by atoms with Gasteiger partial charge in [0.1, 0.15) is 16.7 Å². The molecule has 0 bridgehead atoms. The number of aryl methyl sites for hydroxylation is 1. The van der Waals surface area contributed by atoms with Crippen LogP contribution in [-0.4, -0.2) is 34.6 Å². The second kappa shape index (κ2) is 9.24. The number of rotatable bonds is 6. The van der Waals surface area contributed by atoms with Crippen LogP contribution in [0.15, 0.2) is 52.5 Å². The fourth-order valence-electron chi connectivity index (χ4n) is 3.58. The highest BCUT2D eigenvalue weighted by Crippen LogP contribution is 2.36. The Morgan fingerprint density at radius 3 is 2.67 bits per heavy atom. The number of anilines is 1. The highest BCUT2D eigenvalue weighted by Gasteiger charge is 2.17. The molecule has 2 aromatic heterocycles. The molecule has 1 fully saturated rings. The third kappa shape index (κ3) is 4.61. The fourth-order valence-corrected chi connectivity index (χ4v) is 4.62. The lowest BCUT2D eigenvalue weighted by Crippen LogP contribution is -2.19. The van der Waals surface area contributed by atoms with Gasteiger partial charge in [-0.1, -0.05) is 23.9 Å². The Hall–Kier alpha value is -2.95. The van der Waals surface area contributed by atoms with Crippen LogP contribution in [0, 0.1) is 18.3 Å². The van der Waals surface area contributed by atoms with Crippen LogP contribution >= 0.6 is 11.8 Å². The predicted molar refractivity (Wildman–Crippen MR) is 119 cm³/mol. The molecule has 2 N–H and O–H groups in total. The van der Waals surface area contributed by atoms with Crippen LogP contribution in [0.5, 0.6) is 0 Å². The minimum absolute atomic E-state index is 0.603. The number of nitriles is 1. The number of benzene rings is 1. The molecule has 0 radical (unpaired) electrons. The molecule has 1 aliphatic rings. The van der Waals surface area contributed by atoms with E-state index in [2.05, 4.69) is 32.0 Å². The van der Waals surface area contributed by atoms with Crippen LogP contribution in [-0.2, 0) is 6.42 Å². The van der Waals surface area contributed by atoms with E-state index in [4.69, 9.17) is 5.73 Å². The molecule has 152 valence electrons. The minimum atomic E-state index is 0.603. The summed E-state index contributed by atoms with van der Waals surface area (Å²) in [7, 11) is 0. The SMILES string of the molecule is Cc1nc(Sc2cc(C#N)ccc2-c2ccc(CCN)cn2)cc(N2CCCC2)n1. The molecule has 1 saturated heterocycles. The van der Waals surface area contributed by atoms with Gasteiger partial charge in [0.05, 0.1) is 17.3 Å². The van der Waals surface area contributed by atoms with Crippen molar-refractivity contribution in [3.05, 3.63) is 59.5 Å². The van der Waals surface area contributed by atoms with Crippen molar-refractivity contribution in [3.63, 3.8) is 0 Å². The van der Waals surface area contributed by atoms with Gasteiger partial charge in [0, 0.05) is 35.8 Å². The summed E-state index contributed by atoms with van der Waals surface area (Å²) in [6.45, 7) is 4.60. The highest BCUT2D eigenvalue weighted by atomic mass is 32.2. The van der Waals surface area contributed by atoms with Crippen molar-refractivity contribution in [2.45, 2.75) is 36.1 Å². The standard InChI is InChI=1S/C23H24N6S/c1-16-27-22(29-10-2-3-11-29)13-23(28-16)30-21-12-18(14-25)4-6-19(21)20-7-5-17(8-9-24)15-26-20/h4-7,12-13,15H,2-3,8-11,24H2,1H3. The Morgan fingerprint density at radius 2 is 1.97 bits per heavy atom. The number of aromatic nitrogens is 3. The monoisotopic (exact) mass is 416 g/mol. The number of nitrogens with zero attached hydrogens (tertiary/aromatic N) is 5. The smallest absolute Gasteiger partial charge is 0.133 e. The maximum Gasteiger partial charge on any atom is 0.133 e. The molecule has 0 saturated carbocycles. The van der Waals surface area contributed by atoms with E-state index >= 15 is 0 Å². The van der Waals surface area contributed by atoms with Crippen LogP contribution in [0.2, 0.25) is 0 Å². The van der Waals surface area contributed by atoms with E-state index in [1.807, 2.05) is 43.5 Å². The van der Waals surface area contributed by atoms with Crippen molar-refractivity contribution < 1.29 is 0 Å². The van der Waals surface area contributed by atoms with Gasteiger partial charge in [0.15, 0.2) is 0 Å². The van der Waals surface area contributed by atoms with Crippen molar-refractivity contribution >= 4 is 17.6 Å². The third-order valence-electron chi connectivity index (χ3n) is 5.09. The van der Waals surface area contributed by atoms with E-state index in [1.165, 1.54) is 12.8 Å². The van der Waals surface area contributed by atoms with Crippen LogP contribution in [0.4, 0.5) is 5.82 Å². The normalized spacial score (nSPS) is 13.4. The molecule has 6 nitrogen and oxygen atoms in total. The molecule has 1 aliphatic heterocycles. The zero-order chi connectivity index (χ0) is 20.9. The zero-order valence-electron chi connectivity index (χ0n) is 17.0. The first-order valence-corrected chi connectivity index (χ1v) is 11.0. The van der Waals surface area contributed by atoms with Crippen LogP contribution in [0.1, 0.15) is 29.8 Å². The molecule has 4 rings (SSSR count). The molecule has 3 heterocycles. The number of pyridine rings is 1. The number of hydrogen-bond acceptors (Lipinski definition) is 7. The molecule has 1 aromatic carbocycles. The van der Waals surface area contributed by atoms with Crippen LogP contribution in [0.3, 0.4) is 0 Å². The summed E-state index contributed by atoms with van der Waals surface area (Å²) in [5.41, 5.74) is 9.23. The summed E-state index contributed by atoms with van der Waals surface area (Å²) >= 11 is 1.55. The molecular formula is C23H24N6S. The fraction of sp³-hybridized carbons (Fsp3) is 0.304. The maximum atomic E-state index is 9.40. The molecule has 0 spiro atoms. The van der Waals surface area contributed by atoms with Gasteiger partial charge >= 0.3 is 0 Å². The molecular weight excluding hydrogens is 392 g/mol. The van der Waals surface area contributed by atoms with E-state index in [9.17, 15) is 5.26 Å². The van der Waals surface area contributed by atoms with Crippen molar-refractivity contribution in [1.29, 1.82) is 5.26 Å². The summed E-state index contributed by atoms with van der Waals surface area (Å²) in [5, 5.41) is 10.3. The lowest BCUT2D eigenvalue weighted by Gasteiger charge is -2.17. The van der Waals surface area contributed by atoms with E-state index in [-0.39, 0.29) is 0 Å². The largest absolute Gasteiger partial charge is 0.356 e. The Balaban J connectivity index is 1.69.